The van der Waals surface area contributed by atoms with E-state index in [1.807, 2.05) is 18.9 Å². The van der Waals surface area contributed by atoms with Gasteiger partial charge in [-0.1, -0.05) is 12.2 Å². The molecule has 0 N–H and O–H groups in total. The lowest BCUT2D eigenvalue weighted by Gasteiger charge is -2.22. The first-order valence-electron chi connectivity index (χ1n) is 5.36. The molecule has 0 bridgehead atoms. The Morgan fingerprint density at radius 2 is 2.12 bits per heavy atom. The second-order valence-electron chi connectivity index (χ2n) is 4.21. The van der Waals surface area contributed by atoms with E-state index in [2.05, 4.69) is 12.6 Å². The van der Waals surface area contributed by atoms with Gasteiger partial charge in [0.1, 0.15) is 0 Å². The standard InChI is InChI=1S/C14H16N2O/c1-10(2)9-16(4)14-7-12(8-15)5-6-13(14)11(3)17/h5-7H,1,9H2,2-4H3. The van der Waals surface area contributed by atoms with Gasteiger partial charge in [-0.15, -0.1) is 0 Å². The molecule has 0 spiro atoms. The predicted octanol–water partition coefficient (Wildman–Crippen LogP) is 2.77. The highest BCUT2D eigenvalue weighted by atomic mass is 16.1. The number of nitrogens with zero attached hydrogens (tertiary/aromatic N) is 2. The quantitative estimate of drug-likeness (QED) is 0.588. The topological polar surface area (TPSA) is 44.1 Å². The number of hydrogen-bond acceptors (Lipinski definition) is 3. The fourth-order valence-corrected chi connectivity index (χ4v) is 1.70. The minimum atomic E-state index is -0.00180. The highest BCUT2D eigenvalue weighted by Crippen LogP contribution is 2.22. The molecule has 0 amide bonds. The van der Waals surface area contributed by atoms with E-state index in [-0.39, 0.29) is 5.78 Å². The summed E-state index contributed by atoms with van der Waals surface area (Å²) in [6, 6.07) is 7.18. The Hall–Kier alpha value is -2.08. The van der Waals surface area contributed by atoms with E-state index in [1.165, 1.54) is 6.92 Å². The third-order valence-corrected chi connectivity index (χ3v) is 2.42. The maximum atomic E-state index is 11.5. The molecule has 1 aromatic rings. The zero-order chi connectivity index (χ0) is 13.0. The van der Waals surface area contributed by atoms with Crippen LogP contribution in [0.3, 0.4) is 0 Å². The minimum absolute atomic E-state index is 0.00180. The van der Waals surface area contributed by atoms with Crippen molar-refractivity contribution < 1.29 is 4.79 Å². The maximum absolute atomic E-state index is 11.5. The molecule has 0 aromatic heterocycles. The predicted molar refractivity (Wildman–Crippen MR) is 69.2 cm³/mol. The Bertz CT molecular complexity index is 497. The SMILES string of the molecule is C=C(C)CN(C)c1cc(C#N)ccc1C(C)=O. The van der Waals surface area contributed by atoms with Crippen molar-refractivity contribution in [3.63, 3.8) is 0 Å². The normalized spacial score (nSPS) is 9.53. The van der Waals surface area contributed by atoms with E-state index in [0.717, 1.165) is 11.3 Å². The van der Waals surface area contributed by atoms with Crippen molar-refractivity contribution in [1.29, 1.82) is 5.26 Å². The Labute approximate surface area is 102 Å². The molecule has 1 rings (SSSR count). The molecule has 0 saturated carbocycles. The van der Waals surface area contributed by atoms with Crippen LogP contribution in [0.5, 0.6) is 0 Å². The molecule has 3 nitrogen and oxygen atoms in total. The van der Waals surface area contributed by atoms with Gasteiger partial charge in [-0.3, -0.25) is 4.79 Å². The molecule has 0 aliphatic heterocycles. The van der Waals surface area contributed by atoms with Gasteiger partial charge < -0.3 is 4.90 Å². The number of nitriles is 1. The average Bonchev–Trinajstić information content (AvgIpc) is 2.27. The van der Waals surface area contributed by atoms with Crippen molar-refractivity contribution in [2.24, 2.45) is 0 Å². The van der Waals surface area contributed by atoms with Gasteiger partial charge in [0.15, 0.2) is 5.78 Å². The molecule has 0 radical (unpaired) electrons. The molecule has 1 aromatic carbocycles. The van der Waals surface area contributed by atoms with Crippen molar-refractivity contribution in [3.8, 4) is 6.07 Å². The van der Waals surface area contributed by atoms with Gasteiger partial charge >= 0.3 is 0 Å². The summed E-state index contributed by atoms with van der Waals surface area (Å²) in [4.78, 5) is 13.5. The molecule has 17 heavy (non-hydrogen) atoms. The first kappa shape index (κ1) is 13.0. The fraction of sp³-hybridized carbons (Fsp3) is 0.286. The molecule has 0 unspecified atom stereocenters. The zero-order valence-corrected chi connectivity index (χ0v) is 10.4. The summed E-state index contributed by atoms with van der Waals surface area (Å²) in [5.74, 6) is -0.00180. The Balaban J connectivity index is 3.22. The van der Waals surface area contributed by atoms with Crippen molar-refractivity contribution in [2.45, 2.75) is 13.8 Å². The lowest BCUT2D eigenvalue weighted by atomic mass is 10.1. The number of Topliss-reactive ketones (excluding diaryl/α,β-unsaturated/α-hetero) is 1. The van der Waals surface area contributed by atoms with Crippen molar-refractivity contribution >= 4 is 11.5 Å². The van der Waals surface area contributed by atoms with Crippen LogP contribution in [-0.2, 0) is 0 Å². The summed E-state index contributed by atoms with van der Waals surface area (Å²) in [6.45, 7) is 7.96. The first-order chi connectivity index (χ1) is 7.95. The monoisotopic (exact) mass is 228 g/mol. The number of likely N-dealkylation sites (N-methyl/N-ethyl adjacent to an activating group) is 1. The van der Waals surface area contributed by atoms with Crippen LogP contribution in [0.1, 0.15) is 29.8 Å². The molecular weight excluding hydrogens is 212 g/mol. The molecule has 0 aliphatic carbocycles. The summed E-state index contributed by atoms with van der Waals surface area (Å²) in [7, 11) is 1.89. The smallest absolute Gasteiger partial charge is 0.161 e. The number of benzene rings is 1. The van der Waals surface area contributed by atoms with Crippen LogP contribution < -0.4 is 4.90 Å². The van der Waals surface area contributed by atoms with Crippen LogP contribution >= 0.6 is 0 Å². The second-order valence-corrected chi connectivity index (χ2v) is 4.21. The van der Waals surface area contributed by atoms with E-state index < -0.39 is 0 Å². The third kappa shape index (κ3) is 3.18. The zero-order valence-electron chi connectivity index (χ0n) is 10.4. The molecule has 88 valence electrons. The molecule has 0 atom stereocenters. The first-order valence-corrected chi connectivity index (χ1v) is 5.36. The number of rotatable bonds is 4. The molecule has 0 saturated heterocycles. The maximum Gasteiger partial charge on any atom is 0.161 e. The molecule has 0 aliphatic rings. The summed E-state index contributed by atoms with van der Waals surface area (Å²) < 4.78 is 0. The van der Waals surface area contributed by atoms with Crippen LogP contribution in [0.4, 0.5) is 5.69 Å². The van der Waals surface area contributed by atoms with Crippen LogP contribution in [-0.4, -0.2) is 19.4 Å². The van der Waals surface area contributed by atoms with Gasteiger partial charge in [-0.05, 0) is 32.0 Å². The van der Waals surface area contributed by atoms with Crippen LogP contribution in [0.15, 0.2) is 30.4 Å². The van der Waals surface area contributed by atoms with Gasteiger partial charge in [0.05, 0.1) is 11.6 Å². The van der Waals surface area contributed by atoms with Gasteiger partial charge in [-0.25, -0.2) is 0 Å². The van der Waals surface area contributed by atoms with Crippen LogP contribution in [0.25, 0.3) is 0 Å². The van der Waals surface area contributed by atoms with E-state index in [1.54, 1.807) is 18.2 Å². The highest BCUT2D eigenvalue weighted by molar-refractivity contribution is 6.00. The number of carbonyl (C=O) groups excluding carboxylic acids is 1. The van der Waals surface area contributed by atoms with Crippen molar-refractivity contribution in [1.82, 2.24) is 0 Å². The second kappa shape index (κ2) is 5.31. The van der Waals surface area contributed by atoms with Gasteiger partial charge in [-0.2, -0.15) is 5.26 Å². The Morgan fingerprint density at radius 3 is 2.59 bits per heavy atom. The number of anilines is 1. The molecule has 3 heteroatoms. The van der Waals surface area contributed by atoms with E-state index >= 15 is 0 Å². The number of hydrogen-bond donors (Lipinski definition) is 0. The van der Waals surface area contributed by atoms with Gasteiger partial charge in [0.2, 0.25) is 0 Å². The summed E-state index contributed by atoms with van der Waals surface area (Å²) >= 11 is 0. The van der Waals surface area contributed by atoms with Gasteiger partial charge in [0, 0.05) is 24.8 Å². The summed E-state index contributed by atoms with van der Waals surface area (Å²) in [6.07, 6.45) is 0. The Kier molecular flexibility index (Phi) is 4.06. The lowest BCUT2D eigenvalue weighted by molar-refractivity contribution is 0.101. The molecule has 0 fully saturated rings. The van der Waals surface area contributed by atoms with Crippen LogP contribution in [0.2, 0.25) is 0 Å². The largest absolute Gasteiger partial charge is 0.370 e. The third-order valence-electron chi connectivity index (χ3n) is 2.42. The van der Waals surface area contributed by atoms with Crippen molar-refractivity contribution in [2.75, 3.05) is 18.5 Å². The summed E-state index contributed by atoms with van der Waals surface area (Å²) in [5, 5.41) is 8.88. The minimum Gasteiger partial charge on any atom is -0.370 e. The Morgan fingerprint density at radius 1 is 1.47 bits per heavy atom. The number of carbonyl (C=O) groups is 1. The lowest BCUT2D eigenvalue weighted by Crippen LogP contribution is -2.21. The fourth-order valence-electron chi connectivity index (χ4n) is 1.70. The van der Waals surface area contributed by atoms with E-state index in [4.69, 9.17) is 5.26 Å². The molecule has 0 heterocycles. The number of ketones is 1. The van der Waals surface area contributed by atoms with Crippen LogP contribution in [0, 0.1) is 11.3 Å². The van der Waals surface area contributed by atoms with Crippen molar-refractivity contribution in [3.05, 3.63) is 41.5 Å². The highest BCUT2D eigenvalue weighted by Gasteiger charge is 2.12. The summed E-state index contributed by atoms with van der Waals surface area (Å²) in [5.41, 5.74) is 2.97. The average molecular weight is 228 g/mol. The van der Waals surface area contributed by atoms with E-state index in [9.17, 15) is 4.79 Å². The molecular formula is C14H16N2O. The van der Waals surface area contributed by atoms with E-state index in [0.29, 0.717) is 17.7 Å². The van der Waals surface area contributed by atoms with Gasteiger partial charge in [0.25, 0.3) is 0 Å².